The van der Waals surface area contributed by atoms with Crippen molar-refractivity contribution in [3.05, 3.63) is 34.3 Å². The van der Waals surface area contributed by atoms with Gasteiger partial charge in [0, 0.05) is 30.7 Å². The Morgan fingerprint density at radius 2 is 1.76 bits per heavy atom. The molecule has 1 fully saturated rings. The van der Waals surface area contributed by atoms with Crippen molar-refractivity contribution >= 4 is 27.9 Å². The first-order valence-electron chi connectivity index (χ1n) is 10.5. The standard InChI is InChI=1S/C22H33BrN2O4/c1-4-7-15-29-21(27)25-13-11-24(12-14-25)20(26)19(22(28,5-2)6-3)17-9-8-10-18(23)16-17/h8-10,16,19,28H,4-7,11-15H2,1-3H3. The maximum Gasteiger partial charge on any atom is 0.409 e. The molecule has 6 nitrogen and oxygen atoms in total. The van der Waals surface area contributed by atoms with E-state index < -0.39 is 11.5 Å². The molecule has 1 aromatic carbocycles. The van der Waals surface area contributed by atoms with Crippen LogP contribution in [0.15, 0.2) is 28.7 Å². The van der Waals surface area contributed by atoms with Crippen molar-refractivity contribution < 1.29 is 19.4 Å². The predicted molar refractivity (Wildman–Crippen MR) is 117 cm³/mol. The fraction of sp³-hybridized carbons (Fsp3) is 0.636. The Labute approximate surface area is 182 Å². The molecular weight excluding hydrogens is 436 g/mol. The van der Waals surface area contributed by atoms with Crippen LogP contribution in [0.4, 0.5) is 4.79 Å². The summed E-state index contributed by atoms with van der Waals surface area (Å²) in [6.07, 6.45) is 2.48. The Kier molecular flexibility index (Phi) is 8.96. The van der Waals surface area contributed by atoms with Crippen molar-refractivity contribution in [2.45, 2.75) is 58.0 Å². The van der Waals surface area contributed by atoms with E-state index in [2.05, 4.69) is 15.9 Å². The van der Waals surface area contributed by atoms with Gasteiger partial charge in [-0.2, -0.15) is 0 Å². The van der Waals surface area contributed by atoms with Crippen molar-refractivity contribution in [1.82, 2.24) is 9.80 Å². The number of amides is 2. The summed E-state index contributed by atoms with van der Waals surface area (Å²) in [7, 11) is 0. The average Bonchev–Trinajstić information content (AvgIpc) is 2.74. The first kappa shape index (κ1) is 23.7. The molecule has 0 aliphatic carbocycles. The van der Waals surface area contributed by atoms with Crippen molar-refractivity contribution in [2.24, 2.45) is 0 Å². The number of ether oxygens (including phenoxy) is 1. The number of carbonyl (C=O) groups excluding carboxylic acids is 2. The molecule has 0 spiro atoms. The maximum atomic E-state index is 13.5. The van der Waals surface area contributed by atoms with Crippen LogP contribution >= 0.6 is 15.9 Å². The summed E-state index contributed by atoms with van der Waals surface area (Å²) in [6.45, 7) is 8.06. The number of halogens is 1. The van der Waals surface area contributed by atoms with Crippen molar-refractivity contribution in [3.8, 4) is 0 Å². The maximum absolute atomic E-state index is 13.5. The highest BCUT2D eigenvalue weighted by atomic mass is 79.9. The van der Waals surface area contributed by atoms with E-state index in [0.29, 0.717) is 45.6 Å². The minimum Gasteiger partial charge on any atom is -0.449 e. The summed E-state index contributed by atoms with van der Waals surface area (Å²) in [5.41, 5.74) is -0.314. The minimum absolute atomic E-state index is 0.0895. The normalized spacial score (nSPS) is 15.9. The van der Waals surface area contributed by atoms with Crippen LogP contribution in [0.25, 0.3) is 0 Å². The molecule has 1 aromatic rings. The van der Waals surface area contributed by atoms with Gasteiger partial charge in [0.1, 0.15) is 0 Å². The van der Waals surface area contributed by atoms with Crippen LogP contribution in [-0.4, -0.2) is 65.3 Å². The molecule has 0 bridgehead atoms. The zero-order chi connectivity index (χ0) is 21.4. The van der Waals surface area contributed by atoms with E-state index in [1.165, 1.54) is 0 Å². The predicted octanol–water partition coefficient (Wildman–Crippen LogP) is 4.16. The third-order valence-electron chi connectivity index (χ3n) is 5.76. The van der Waals surface area contributed by atoms with Crippen LogP contribution in [0.1, 0.15) is 57.9 Å². The number of hydrogen-bond acceptors (Lipinski definition) is 4. The number of benzene rings is 1. The Balaban J connectivity index is 2.12. The Morgan fingerprint density at radius 1 is 1.14 bits per heavy atom. The molecule has 0 aromatic heterocycles. The topological polar surface area (TPSA) is 70.1 Å². The number of carbonyl (C=O) groups is 2. The second kappa shape index (κ2) is 11.0. The van der Waals surface area contributed by atoms with Gasteiger partial charge in [0.05, 0.1) is 18.1 Å². The van der Waals surface area contributed by atoms with Gasteiger partial charge in [0.15, 0.2) is 0 Å². The van der Waals surface area contributed by atoms with Crippen LogP contribution in [-0.2, 0) is 9.53 Å². The Hall–Kier alpha value is -1.60. The first-order valence-corrected chi connectivity index (χ1v) is 11.3. The lowest BCUT2D eigenvalue weighted by molar-refractivity contribution is -0.142. The van der Waals surface area contributed by atoms with Crippen LogP contribution in [0.3, 0.4) is 0 Å². The minimum atomic E-state index is -1.12. The molecule has 7 heteroatoms. The molecule has 1 N–H and O–H groups in total. The van der Waals surface area contributed by atoms with Crippen LogP contribution in [0, 0.1) is 0 Å². The number of unbranched alkanes of at least 4 members (excludes halogenated alkanes) is 1. The third kappa shape index (κ3) is 5.95. The fourth-order valence-electron chi connectivity index (χ4n) is 3.71. The Bertz CT molecular complexity index is 685. The number of hydrogen-bond donors (Lipinski definition) is 1. The third-order valence-corrected chi connectivity index (χ3v) is 6.26. The zero-order valence-corrected chi connectivity index (χ0v) is 19.3. The summed E-state index contributed by atoms with van der Waals surface area (Å²) in [4.78, 5) is 29.0. The molecule has 1 aliphatic heterocycles. The zero-order valence-electron chi connectivity index (χ0n) is 17.7. The van der Waals surface area contributed by atoms with E-state index in [0.717, 1.165) is 22.9 Å². The average molecular weight is 469 g/mol. The van der Waals surface area contributed by atoms with E-state index in [-0.39, 0.29) is 12.0 Å². The molecule has 1 aliphatic rings. The van der Waals surface area contributed by atoms with Gasteiger partial charge in [-0.05, 0) is 37.0 Å². The monoisotopic (exact) mass is 468 g/mol. The molecule has 0 radical (unpaired) electrons. The number of aliphatic hydroxyl groups is 1. The first-order chi connectivity index (χ1) is 13.9. The lowest BCUT2D eigenvalue weighted by Gasteiger charge is -2.40. The number of piperazine rings is 1. The van der Waals surface area contributed by atoms with Crippen LogP contribution < -0.4 is 0 Å². The molecule has 29 heavy (non-hydrogen) atoms. The van der Waals surface area contributed by atoms with Gasteiger partial charge >= 0.3 is 6.09 Å². The van der Waals surface area contributed by atoms with E-state index in [1.807, 2.05) is 45.0 Å². The van der Waals surface area contributed by atoms with Crippen LogP contribution in [0.5, 0.6) is 0 Å². The highest BCUT2D eigenvalue weighted by molar-refractivity contribution is 9.10. The van der Waals surface area contributed by atoms with E-state index in [1.54, 1.807) is 9.80 Å². The molecule has 1 atom stereocenters. The van der Waals surface area contributed by atoms with Crippen molar-refractivity contribution in [1.29, 1.82) is 0 Å². The summed E-state index contributed by atoms with van der Waals surface area (Å²) >= 11 is 3.47. The quantitative estimate of drug-likeness (QED) is 0.581. The van der Waals surface area contributed by atoms with E-state index >= 15 is 0 Å². The summed E-state index contributed by atoms with van der Waals surface area (Å²) in [6, 6.07) is 7.59. The lowest BCUT2D eigenvalue weighted by atomic mass is 9.77. The second-order valence-corrected chi connectivity index (χ2v) is 8.49. The summed E-state index contributed by atoms with van der Waals surface area (Å²) in [5, 5.41) is 11.2. The highest BCUT2D eigenvalue weighted by Gasteiger charge is 2.42. The van der Waals surface area contributed by atoms with Gasteiger partial charge in [-0.3, -0.25) is 4.79 Å². The molecule has 0 saturated carbocycles. The van der Waals surface area contributed by atoms with E-state index in [4.69, 9.17) is 4.74 Å². The van der Waals surface area contributed by atoms with Crippen molar-refractivity contribution in [3.63, 3.8) is 0 Å². The SMILES string of the molecule is CCCCOC(=O)N1CCN(C(=O)C(c2cccc(Br)c2)C(O)(CC)CC)CC1. The van der Waals surface area contributed by atoms with Gasteiger partial charge in [-0.25, -0.2) is 4.79 Å². The Morgan fingerprint density at radius 3 is 2.31 bits per heavy atom. The molecule has 2 amide bonds. The van der Waals surface area contributed by atoms with Gasteiger partial charge in [-0.15, -0.1) is 0 Å². The number of rotatable bonds is 8. The molecule has 1 saturated heterocycles. The molecule has 1 heterocycles. The fourth-order valence-corrected chi connectivity index (χ4v) is 4.13. The van der Waals surface area contributed by atoms with Gasteiger partial charge < -0.3 is 19.6 Å². The van der Waals surface area contributed by atoms with Gasteiger partial charge in [-0.1, -0.05) is 55.3 Å². The summed E-state index contributed by atoms with van der Waals surface area (Å²) in [5.74, 6) is -0.730. The summed E-state index contributed by atoms with van der Waals surface area (Å²) < 4.78 is 6.15. The molecule has 162 valence electrons. The lowest BCUT2D eigenvalue weighted by Crippen LogP contribution is -2.54. The number of nitrogens with zero attached hydrogens (tertiary/aromatic N) is 2. The molecule has 1 unspecified atom stereocenters. The van der Waals surface area contributed by atoms with Crippen molar-refractivity contribution in [2.75, 3.05) is 32.8 Å². The van der Waals surface area contributed by atoms with Crippen LogP contribution in [0.2, 0.25) is 0 Å². The molecule has 2 rings (SSSR count). The largest absolute Gasteiger partial charge is 0.449 e. The smallest absolute Gasteiger partial charge is 0.409 e. The second-order valence-electron chi connectivity index (χ2n) is 7.58. The highest BCUT2D eigenvalue weighted by Crippen LogP contribution is 2.36. The van der Waals surface area contributed by atoms with E-state index in [9.17, 15) is 14.7 Å². The molecular formula is C22H33BrN2O4. The van der Waals surface area contributed by atoms with Gasteiger partial charge in [0.25, 0.3) is 0 Å². The van der Waals surface area contributed by atoms with Gasteiger partial charge in [0.2, 0.25) is 5.91 Å².